The third kappa shape index (κ3) is 2.81. The van der Waals surface area contributed by atoms with Gasteiger partial charge in [-0.15, -0.1) is 0 Å². The summed E-state index contributed by atoms with van der Waals surface area (Å²) in [7, 11) is 0. The fourth-order valence-electron chi connectivity index (χ4n) is 3.78. The van der Waals surface area contributed by atoms with Crippen molar-refractivity contribution in [1.29, 1.82) is 0 Å². The number of nitro groups is 1. The van der Waals surface area contributed by atoms with Gasteiger partial charge in [0.2, 0.25) is 6.79 Å². The summed E-state index contributed by atoms with van der Waals surface area (Å²) in [5.74, 6) is 0.948. The van der Waals surface area contributed by atoms with E-state index in [1.165, 1.54) is 6.07 Å². The van der Waals surface area contributed by atoms with Gasteiger partial charge in [-0.3, -0.25) is 19.8 Å². The maximum atomic E-state index is 13.5. The number of rotatable bonds is 3. The summed E-state index contributed by atoms with van der Waals surface area (Å²) in [5.41, 5.74) is 2.96. The van der Waals surface area contributed by atoms with Crippen molar-refractivity contribution in [1.82, 2.24) is 0 Å². The van der Waals surface area contributed by atoms with E-state index < -0.39 is 11.1 Å². The third-order valence-electron chi connectivity index (χ3n) is 5.31. The third-order valence-corrected chi connectivity index (χ3v) is 5.31. The van der Waals surface area contributed by atoms with Crippen molar-refractivity contribution in [3.05, 3.63) is 87.5 Å². The fourth-order valence-corrected chi connectivity index (χ4v) is 3.78. The Morgan fingerprint density at radius 3 is 2.70 bits per heavy atom. The Morgan fingerprint density at radius 1 is 1.07 bits per heavy atom. The Bertz CT molecular complexity index is 1190. The lowest BCUT2D eigenvalue weighted by molar-refractivity contribution is -0.385. The number of nitro benzene ring substituents is 1. The standard InChI is InChI=1S/C22H17N3O5/c1-13-6-7-14(10-18(13)25(27)28)21-23-17-5-3-2-4-16(17)22(26)24(21)15-8-9-19-20(11-15)30-12-29-19/h2-11,21,23H,12H2,1H3. The first-order chi connectivity index (χ1) is 14.5. The number of carbonyl (C=O) groups is 1. The number of hydrogen-bond acceptors (Lipinski definition) is 6. The lowest BCUT2D eigenvalue weighted by Crippen LogP contribution is -2.43. The van der Waals surface area contributed by atoms with Gasteiger partial charge < -0.3 is 14.8 Å². The molecule has 1 unspecified atom stereocenters. The van der Waals surface area contributed by atoms with Gasteiger partial charge in [0.25, 0.3) is 11.6 Å². The Hall–Kier alpha value is -4.07. The molecular formula is C22H17N3O5. The van der Waals surface area contributed by atoms with Crippen LogP contribution < -0.4 is 19.7 Å². The highest BCUT2D eigenvalue weighted by Gasteiger charge is 2.35. The number of benzene rings is 3. The van der Waals surface area contributed by atoms with Crippen LogP contribution in [-0.2, 0) is 0 Å². The number of ether oxygens (including phenoxy) is 2. The molecule has 0 radical (unpaired) electrons. The van der Waals surface area contributed by atoms with E-state index in [4.69, 9.17) is 9.47 Å². The van der Waals surface area contributed by atoms with Crippen LogP contribution in [0.25, 0.3) is 0 Å². The van der Waals surface area contributed by atoms with Crippen LogP contribution in [0.2, 0.25) is 0 Å². The van der Waals surface area contributed by atoms with E-state index >= 15 is 0 Å². The monoisotopic (exact) mass is 403 g/mol. The highest BCUT2D eigenvalue weighted by molar-refractivity contribution is 6.12. The van der Waals surface area contributed by atoms with Crippen molar-refractivity contribution in [2.24, 2.45) is 0 Å². The highest BCUT2D eigenvalue weighted by Crippen LogP contribution is 2.41. The smallest absolute Gasteiger partial charge is 0.272 e. The average molecular weight is 403 g/mol. The van der Waals surface area contributed by atoms with Gasteiger partial charge in [0, 0.05) is 28.9 Å². The minimum absolute atomic E-state index is 0.00578. The predicted octanol–water partition coefficient (Wildman–Crippen LogP) is 4.40. The Morgan fingerprint density at radius 2 is 1.87 bits per heavy atom. The number of aryl methyl sites for hydroxylation is 1. The normalized spacial score (nSPS) is 16.8. The average Bonchev–Trinajstić information content (AvgIpc) is 3.22. The maximum absolute atomic E-state index is 13.5. The topological polar surface area (TPSA) is 93.9 Å². The summed E-state index contributed by atoms with van der Waals surface area (Å²) in [4.78, 5) is 26.1. The maximum Gasteiger partial charge on any atom is 0.272 e. The summed E-state index contributed by atoms with van der Waals surface area (Å²) in [6.07, 6.45) is -0.632. The van der Waals surface area contributed by atoms with E-state index in [0.29, 0.717) is 39.6 Å². The van der Waals surface area contributed by atoms with Crippen molar-refractivity contribution < 1.29 is 19.2 Å². The number of para-hydroxylation sites is 1. The number of anilines is 2. The number of amides is 1. The van der Waals surface area contributed by atoms with E-state index in [2.05, 4.69) is 5.32 Å². The van der Waals surface area contributed by atoms with Gasteiger partial charge in [0.05, 0.1) is 16.2 Å². The minimum Gasteiger partial charge on any atom is -0.454 e. The second-order valence-electron chi connectivity index (χ2n) is 7.11. The quantitative estimate of drug-likeness (QED) is 0.514. The molecule has 0 aliphatic carbocycles. The molecule has 1 amide bonds. The zero-order chi connectivity index (χ0) is 20.8. The molecule has 0 spiro atoms. The summed E-state index contributed by atoms with van der Waals surface area (Å²) in [5, 5.41) is 14.8. The van der Waals surface area contributed by atoms with Gasteiger partial charge in [-0.05, 0) is 31.2 Å². The molecule has 0 aromatic heterocycles. The molecular weight excluding hydrogens is 386 g/mol. The Labute approximate surface area is 171 Å². The van der Waals surface area contributed by atoms with Crippen molar-refractivity contribution in [2.45, 2.75) is 13.1 Å². The largest absolute Gasteiger partial charge is 0.454 e. The van der Waals surface area contributed by atoms with Gasteiger partial charge in [-0.25, -0.2) is 0 Å². The predicted molar refractivity (Wildman–Crippen MR) is 110 cm³/mol. The van der Waals surface area contributed by atoms with E-state index in [9.17, 15) is 14.9 Å². The molecule has 2 heterocycles. The summed E-state index contributed by atoms with van der Waals surface area (Å²) < 4.78 is 10.8. The lowest BCUT2D eigenvalue weighted by atomic mass is 10.0. The van der Waals surface area contributed by atoms with Gasteiger partial charge >= 0.3 is 0 Å². The molecule has 0 saturated carbocycles. The first-order valence-corrected chi connectivity index (χ1v) is 9.36. The van der Waals surface area contributed by atoms with Crippen molar-refractivity contribution >= 4 is 23.0 Å². The molecule has 0 fully saturated rings. The van der Waals surface area contributed by atoms with Crippen LogP contribution in [0.3, 0.4) is 0 Å². The van der Waals surface area contributed by atoms with Crippen molar-refractivity contribution in [2.75, 3.05) is 17.0 Å². The van der Waals surface area contributed by atoms with E-state index in [-0.39, 0.29) is 18.4 Å². The SMILES string of the molecule is Cc1ccc(C2Nc3ccccc3C(=O)N2c2ccc3c(c2)OCO3)cc1[N+](=O)[O-]. The molecule has 5 rings (SSSR count). The first-order valence-electron chi connectivity index (χ1n) is 9.36. The van der Waals surface area contributed by atoms with Crippen LogP contribution in [0.1, 0.15) is 27.7 Å². The van der Waals surface area contributed by atoms with Crippen LogP contribution in [0, 0.1) is 17.0 Å². The van der Waals surface area contributed by atoms with Crippen LogP contribution >= 0.6 is 0 Å². The highest BCUT2D eigenvalue weighted by atomic mass is 16.7. The fraction of sp³-hybridized carbons (Fsp3) is 0.136. The zero-order valence-electron chi connectivity index (χ0n) is 16.0. The lowest BCUT2D eigenvalue weighted by Gasteiger charge is -2.38. The molecule has 1 atom stereocenters. The molecule has 2 aliphatic heterocycles. The molecule has 1 N–H and O–H groups in total. The summed E-state index contributed by atoms with van der Waals surface area (Å²) >= 11 is 0. The summed E-state index contributed by atoms with van der Waals surface area (Å²) in [6.45, 7) is 1.81. The van der Waals surface area contributed by atoms with Crippen LogP contribution in [0.5, 0.6) is 11.5 Å². The molecule has 150 valence electrons. The van der Waals surface area contributed by atoms with Crippen molar-refractivity contribution in [3.8, 4) is 11.5 Å². The van der Waals surface area contributed by atoms with Gasteiger partial charge in [-0.2, -0.15) is 0 Å². The molecule has 30 heavy (non-hydrogen) atoms. The zero-order valence-corrected chi connectivity index (χ0v) is 16.0. The minimum atomic E-state index is -0.632. The summed E-state index contributed by atoms with van der Waals surface area (Å²) in [6, 6.07) is 17.5. The molecule has 8 heteroatoms. The van der Waals surface area contributed by atoms with E-state index in [0.717, 1.165) is 0 Å². The molecule has 3 aromatic rings. The van der Waals surface area contributed by atoms with E-state index in [1.54, 1.807) is 54.3 Å². The Balaban J connectivity index is 1.66. The molecule has 0 saturated heterocycles. The van der Waals surface area contributed by atoms with Gasteiger partial charge in [-0.1, -0.05) is 24.3 Å². The van der Waals surface area contributed by atoms with Gasteiger partial charge in [0.1, 0.15) is 6.17 Å². The van der Waals surface area contributed by atoms with Crippen LogP contribution in [0.4, 0.5) is 17.1 Å². The number of nitrogens with zero attached hydrogens (tertiary/aromatic N) is 2. The number of nitrogens with one attached hydrogen (secondary N) is 1. The van der Waals surface area contributed by atoms with Crippen molar-refractivity contribution in [3.63, 3.8) is 0 Å². The second kappa shape index (κ2) is 6.77. The van der Waals surface area contributed by atoms with Crippen LogP contribution in [0.15, 0.2) is 60.7 Å². The first kappa shape index (κ1) is 18.0. The van der Waals surface area contributed by atoms with Crippen LogP contribution in [-0.4, -0.2) is 17.6 Å². The Kier molecular flexibility index (Phi) is 4.06. The van der Waals surface area contributed by atoms with E-state index in [1.807, 2.05) is 12.1 Å². The number of carbonyl (C=O) groups excluding carboxylic acids is 1. The number of hydrogen-bond donors (Lipinski definition) is 1. The number of fused-ring (bicyclic) bond motifs is 2. The molecule has 3 aromatic carbocycles. The molecule has 2 aliphatic rings. The molecule has 8 nitrogen and oxygen atoms in total. The second-order valence-corrected chi connectivity index (χ2v) is 7.11. The molecule has 0 bridgehead atoms. The van der Waals surface area contributed by atoms with Gasteiger partial charge in [0.15, 0.2) is 11.5 Å².